The van der Waals surface area contributed by atoms with Gasteiger partial charge in [-0.2, -0.15) is 0 Å². The summed E-state index contributed by atoms with van der Waals surface area (Å²) in [5.41, 5.74) is 1.57. The smallest absolute Gasteiger partial charge is 0.114 e. The van der Waals surface area contributed by atoms with Crippen LogP contribution in [0.25, 0.3) is 0 Å². The fraction of sp³-hybridized carbons (Fsp3) is 0.250. The Hall–Kier alpha value is -1.64. The van der Waals surface area contributed by atoms with Gasteiger partial charge in [0.2, 0.25) is 0 Å². The van der Waals surface area contributed by atoms with Crippen molar-refractivity contribution in [2.45, 2.75) is 18.6 Å². The molecule has 1 aliphatic rings. The summed E-state index contributed by atoms with van der Waals surface area (Å²) in [6.45, 7) is 4.23. The van der Waals surface area contributed by atoms with Gasteiger partial charge in [-0.3, -0.25) is 0 Å². The van der Waals surface area contributed by atoms with Gasteiger partial charge in [-0.25, -0.2) is 0 Å². The largest absolute Gasteiger partial charge is 0.393 e. The summed E-state index contributed by atoms with van der Waals surface area (Å²) in [5, 5.41) is 9.60. The third-order valence-electron chi connectivity index (χ3n) is 3.11. The Balaban J connectivity index is 2.04. The molecule has 2 heteroatoms. The number of allylic oxidation sites excluding steroid dienone is 3. The highest BCUT2D eigenvalue weighted by Gasteiger charge is 2.29. The molecule has 1 unspecified atom stereocenters. The van der Waals surface area contributed by atoms with E-state index in [0.29, 0.717) is 13.0 Å². The van der Waals surface area contributed by atoms with Crippen molar-refractivity contribution in [3.05, 3.63) is 72.4 Å². The fourth-order valence-electron chi connectivity index (χ4n) is 2.01. The molecule has 0 bridgehead atoms. The molecule has 1 atom stereocenters. The molecule has 0 saturated heterocycles. The van der Waals surface area contributed by atoms with Crippen LogP contribution in [0.15, 0.2) is 66.8 Å². The SMILES string of the molecule is C=CC1=CC=CC(CO)(OCc2ccccc2)C1. The van der Waals surface area contributed by atoms with Gasteiger partial charge >= 0.3 is 0 Å². The summed E-state index contributed by atoms with van der Waals surface area (Å²) in [4.78, 5) is 0. The molecule has 0 amide bonds. The standard InChI is InChI=1S/C16H18O2/c1-2-14-9-6-10-16(11-14,13-17)18-12-15-7-4-3-5-8-15/h2-10,17H,1,11-13H2. The zero-order valence-electron chi connectivity index (χ0n) is 10.4. The maximum atomic E-state index is 9.60. The predicted molar refractivity (Wildman–Crippen MR) is 73.1 cm³/mol. The Morgan fingerprint density at radius 3 is 2.78 bits per heavy atom. The van der Waals surface area contributed by atoms with Gasteiger partial charge in [-0.15, -0.1) is 0 Å². The van der Waals surface area contributed by atoms with Crippen LogP contribution < -0.4 is 0 Å². The van der Waals surface area contributed by atoms with Gasteiger partial charge in [-0.1, -0.05) is 61.2 Å². The van der Waals surface area contributed by atoms with Gasteiger partial charge in [0.05, 0.1) is 13.2 Å². The van der Waals surface area contributed by atoms with Crippen LogP contribution in [-0.4, -0.2) is 17.3 Å². The normalized spacial score (nSPS) is 22.6. The minimum atomic E-state index is -0.617. The van der Waals surface area contributed by atoms with Crippen LogP contribution in [0, 0.1) is 0 Å². The van der Waals surface area contributed by atoms with E-state index in [2.05, 4.69) is 6.58 Å². The first kappa shape index (κ1) is 12.8. The molecule has 0 aromatic heterocycles. The molecule has 1 N–H and O–H groups in total. The van der Waals surface area contributed by atoms with E-state index >= 15 is 0 Å². The van der Waals surface area contributed by atoms with E-state index in [1.165, 1.54) is 0 Å². The molecule has 94 valence electrons. The van der Waals surface area contributed by atoms with E-state index in [0.717, 1.165) is 11.1 Å². The topological polar surface area (TPSA) is 29.5 Å². The highest BCUT2D eigenvalue weighted by molar-refractivity contribution is 5.31. The molecule has 0 radical (unpaired) electrons. The van der Waals surface area contributed by atoms with Crippen molar-refractivity contribution in [3.63, 3.8) is 0 Å². The van der Waals surface area contributed by atoms with Crippen molar-refractivity contribution in [1.29, 1.82) is 0 Å². The first-order chi connectivity index (χ1) is 8.78. The van der Waals surface area contributed by atoms with Crippen LogP contribution in [0.4, 0.5) is 0 Å². The molecule has 0 saturated carbocycles. The summed E-state index contributed by atoms with van der Waals surface area (Å²) in [6, 6.07) is 9.97. The third-order valence-corrected chi connectivity index (χ3v) is 3.11. The molecule has 1 aromatic rings. The quantitative estimate of drug-likeness (QED) is 0.860. The molecule has 2 rings (SSSR count). The van der Waals surface area contributed by atoms with E-state index in [-0.39, 0.29) is 6.61 Å². The average Bonchev–Trinajstić information content (AvgIpc) is 2.46. The number of ether oxygens (including phenoxy) is 1. The highest BCUT2D eigenvalue weighted by Crippen LogP contribution is 2.28. The minimum Gasteiger partial charge on any atom is -0.393 e. The molecule has 0 spiro atoms. The van der Waals surface area contributed by atoms with E-state index in [1.807, 2.05) is 48.6 Å². The second-order valence-corrected chi connectivity index (χ2v) is 4.48. The average molecular weight is 242 g/mol. The van der Waals surface area contributed by atoms with Gasteiger partial charge in [0.15, 0.2) is 0 Å². The van der Waals surface area contributed by atoms with Crippen LogP contribution >= 0.6 is 0 Å². The molecule has 0 aliphatic heterocycles. The number of aliphatic hydroxyl groups is 1. The molecule has 2 nitrogen and oxygen atoms in total. The summed E-state index contributed by atoms with van der Waals surface area (Å²) in [6.07, 6.45) is 8.30. The monoisotopic (exact) mass is 242 g/mol. The van der Waals surface area contributed by atoms with Crippen LogP contribution in [0.1, 0.15) is 12.0 Å². The van der Waals surface area contributed by atoms with Gasteiger partial charge in [0, 0.05) is 6.42 Å². The molecule has 1 aliphatic carbocycles. The van der Waals surface area contributed by atoms with Crippen molar-refractivity contribution < 1.29 is 9.84 Å². The second kappa shape index (κ2) is 5.80. The van der Waals surface area contributed by atoms with Crippen LogP contribution in [-0.2, 0) is 11.3 Å². The Morgan fingerprint density at radius 2 is 2.11 bits per heavy atom. The Kier molecular flexibility index (Phi) is 4.13. The fourth-order valence-corrected chi connectivity index (χ4v) is 2.01. The molecule has 0 heterocycles. The molecule has 18 heavy (non-hydrogen) atoms. The maximum Gasteiger partial charge on any atom is 0.114 e. The minimum absolute atomic E-state index is 0.0263. The zero-order valence-corrected chi connectivity index (χ0v) is 10.4. The summed E-state index contributed by atoms with van der Waals surface area (Å²) in [5.74, 6) is 0. The van der Waals surface area contributed by atoms with Crippen LogP contribution in [0.3, 0.4) is 0 Å². The van der Waals surface area contributed by atoms with E-state index in [1.54, 1.807) is 6.08 Å². The van der Waals surface area contributed by atoms with Crippen molar-refractivity contribution in [2.75, 3.05) is 6.61 Å². The van der Waals surface area contributed by atoms with Crippen molar-refractivity contribution >= 4 is 0 Å². The summed E-state index contributed by atoms with van der Waals surface area (Å²) < 4.78 is 5.91. The molecular weight excluding hydrogens is 224 g/mol. The number of benzene rings is 1. The number of aliphatic hydroxyl groups excluding tert-OH is 1. The van der Waals surface area contributed by atoms with Gasteiger partial charge in [0.1, 0.15) is 5.60 Å². The first-order valence-electron chi connectivity index (χ1n) is 6.07. The lowest BCUT2D eigenvalue weighted by Gasteiger charge is -2.31. The summed E-state index contributed by atoms with van der Waals surface area (Å²) >= 11 is 0. The van der Waals surface area contributed by atoms with E-state index in [9.17, 15) is 5.11 Å². The Morgan fingerprint density at radius 1 is 1.33 bits per heavy atom. The van der Waals surface area contributed by atoms with Gasteiger partial charge in [0.25, 0.3) is 0 Å². The molecule has 1 aromatic carbocycles. The third kappa shape index (κ3) is 2.97. The van der Waals surface area contributed by atoms with E-state index in [4.69, 9.17) is 4.74 Å². The number of rotatable bonds is 5. The van der Waals surface area contributed by atoms with Crippen molar-refractivity contribution in [2.24, 2.45) is 0 Å². The highest BCUT2D eigenvalue weighted by atomic mass is 16.5. The maximum absolute atomic E-state index is 9.60. The number of hydrogen-bond donors (Lipinski definition) is 1. The van der Waals surface area contributed by atoms with Crippen LogP contribution in [0.5, 0.6) is 0 Å². The molecule has 0 fully saturated rings. The summed E-state index contributed by atoms with van der Waals surface area (Å²) in [7, 11) is 0. The second-order valence-electron chi connectivity index (χ2n) is 4.48. The van der Waals surface area contributed by atoms with E-state index < -0.39 is 5.60 Å². The Bertz CT molecular complexity index is 459. The molecular formula is C16H18O2. The van der Waals surface area contributed by atoms with Crippen molar-refractivity contribution in [3.8, 4) is 0 Å². The Labute approximate surface area is 108 Å². The lowest BCUT2D eigenvalue weighted by Crippen LogP contribution is -2.36. The van der Waals surface area contributed by atoms with Crippen molar-refractivity contribution in [1.82, 2.24) is 0 Å². The zero-order chi connectivity index (χ0) is 12.8. The lowest BCUT2D eigenvalue weighted by molar-refractivity contribution is -0.0550. The van der Waals surface area contributed by atoms with Crippen LogP contribution in [0.2, 0.25) is 0 Å². The number of hydrogen-bond acceptors (Lipinski definition) is 2. The lowest BCUT2D eigenvalue weighted by atomic mass is 9.90. The predicted octanol–water partition coefficient (Wildman–Crippen LogP) is 3.01. The first-order valence-corrected chi connectivity index (χ1v) is 6.07. The van der Waals surface area contributed by atoms with Gasteiger partial charge in [-0.05, 0) is 11.1 Å². The van der Waals surface area contributed by atoms with Gasteiger partial charge < -0.3 is 9.84 Å².